The maximum atomic E-state index is 12.2. The fourth-order valence-corrected chi connectivity index (χ4v) is 3.16. The molecule has 0 bridgehead atoms. The molecule has 1 amide bonds. The summed E-state index contributed by atoms with van der Waals surface area (Å²) in [4.78, 5) is 24.9. The van der Waals surface area contributed by atoms with E-state index in [1.54, 1.807) is 4.90 Å². The third-order valence-corrected chi connectivity index (χ3v) is 4.38. The van der Waals surface area contributed by atoms with Crippen molar-refractivity contribution >= 4 is 11.9 Å². The highest BCUT2D eigenvalue weighted by Crippen LogP contribution is 2.32. The van der Waals surface area contributed by atoms with Crippen LogP contribution in [-0.2, 0) is 9.59 Å². The molecule has 1 aliphatic carbocycles. The molecule has 2 fully saturated rings. The van der Waals surface area contributed by atoms with Gasteiger partial charge < -0.3 is 15.7 Å². The van der Waals surface area contributed by atoms with Crippen molar-refractivity contribution in [1.29, 1.82) is 0 Å². The molecule has 0 unspecified atom stereocenters. The monoisotopic (exact) mass is 254 g/mol. The largest absolute Gasteiger partial charge is 0.481 e. The van der Waals surface area contributed by atoms with Crippen LogP contribution in [0.5, 0.6) is 0 Å². The van der Waals surface area contributed by atoms with Gasteiger partial charge in [-0.1, -0.05) is 19.8 Å². The molecule has 0 radical (unpaired) electrons. The van der Waals surface area contributed by atoms with Crippen LogP contribution in [0.15, 0.2) is 0 Å². The van der Waals surface area contributed by atoms with Crippen LogP contribution in [-0.4, -0.2) is 40.5 Å². The quantitative estimate of drug-likeness (QED) is 0.781. The van der Waals surface area contributed by atoms with Gasteiger partial charge in [0, 0.05) is 25.0 Å². The molecule has 2 aliphatic rings. The molecule has 0 aromatic rings. The second kappa shape index (κ2) is 4.88. The van der Waals surface area contributed by atoms with Gasteiger partial charge in [-0.2, -0.15) is 0 Å². The number of aliphatic carboxylic acids is 1. The van der Waals surface area contributed by atoms with Gasteiger partial charge >= 0.3 is 5.97 Å². The van der Waals surface area contributed by atoms with Crippen LogP contribution in [0.3, 0.4) is 0 Å². The van der Waals surface area contributed by atoms with Crippen LogP contribution < -0.4 is 5.73 Å². The van der Waals surface area contributed by atoms with Crippen molar-refractivity contribution in [2.24, 2.45) is 17.6 Å². The molecule has 0 aromatic carbocycles. The molecule has 1 saturated heterocycles. The summed E-state index contributed by atoms with van der Waals surface area (Å²) in [7, 11) is 0. The number of likely N-dealkylation sites (tertiary alicyclic amines) is 1. The molecule has 102 valence electrons. The van der Waals surface area contributed by atoms with Crippen molar-refractivity contribution < 1.29 is 14.7 Å². The summed E-state index contributed by atoms with van der Waals surface area (Å²) in [6, 6.07) is 0. The van der Waals surface area contributed by atoms with Crippen LogP contribution in [0.1, 0.15) is 39.0 Å². The first kappa shape index (κ1) is 13.3. The van der Waals surface area contributed by atoms with E-state index in [1.807, 2.05) is 6.92 Å². The molecule has 2 atom stereocenters. The van der Waals surface area contributed by atoms with E-state index in [9.17, 15) is 9.59 Å². The molecule has 2 rings (SSSR count). The molecule has 18 heavy (non-hydrogen) atoms. The molecule has 5 heteroatoms. The van der Waals surface area contributed by atoms with Gasteiger partial charge in [0.2, 0.25) is 5.91 Å². The Morgan fingerprint density at radius 3 is 2.44 bits per heavy atom. The average molecular weight is 254 g/mol. The van der Waals surface area contributed by atoms with E-state index in [-0.39, 0.29) is 17.4 Å². The molecule has 1 heterocycles. The highest BCUT2D eigenvalue weighted by Gasteiger charge is 2.39. The van der Waals surface area contributed by atoms with E-state index in [0.717, 1.165) is 25.7 Å². The van der Waals surface area contributed by atoms with E-state index in [2.05, 4.69) is 0 Å². The summed E-state index contributed by atoms with van der Waals surface area (Å²) < 4.78 is 0. The maximum absolute atomic E-state index is 12.2. The van der Waals surface area contributed by atoms with Gasteiger partial charge in [-0.25, -0.2) is 0 Å². The SMILES string of the molecule is C[C@@H]1CN(C(=O)CC2(N)CCCC2)C[C@H]1C(=O)O. The number of amides is 1. The highest BCUT2D eigenvalue weighted by atomic mass is 16.4. The number of rotatable bonds is 3. The Bertz CT molecular complexity index is 350. The lowest BCUT2D eigenvalue weighted by Crippen LogP contribution is -2.43. The average Bonchev–Trinajstić information content (AvgIpc) is 2.85. The molecular formula is C13H22N2O3. The Kier molecular flexibility index (Phi) is 3.61. The Hall–Kier alpha value is -1.10. The zero-order valence-electron chi connectivity index (χ0n) is 10.9. The Morgan fingerprint density at radius 1 is 1.33 bits per heavy atom. The summed E-state index contributed by atoms with van der Waals surface area (Å²) in [5.41, 5.74) is 5.85. The first-order valence-corrected chi connectivity index (χ1v) is 6.71. The van der Waals surface area contributed by atoms with Gasteiger partial charge in [0.15, 0.2) is 0 Å². The number of nitrogens with zero attached hydrogens (tertiary/aromatic N) is 1. The van der Waals surface area contributed by atoms with Crippen molar-refractivity contribution in [2.75, 3.05) is 13.1 Å². The fraction of sp³-hybridized carbons (Fsp3) is 0.846. The Balaban J connectivity index is 1.93. The molecule has 1 saturated carbocycles. The summed E-state index contributed by atoms with van der Waals surface area (Å²) in [6.45, 7) is 2.77. The predicted molar refractivity (Wildman–Crippen MR) is 66.9 cm³/mol. The van der Waals surface area contributed by atoms with E-state index >= 15 is 0 Å². The van der Waals surface area contributed by atoms with E-state index < -0.39 is 11.9 Å². The number of nitrogens with two attached hydrogens (primary N) is 1. The summed E-state index contributed by atoms with van der Waals surface area (Å²) in [5.74, 6) is -1.17. The minimum absolute atomic E-state index is 0.0231. The lowest BCUT2D eigenvalue weighted by atomic mass is 9.94. The first-order valence-electron chi connectivity index (χ1n) is 6.71. The van der Waals surface area contributed by atoms with Gasteiger partial charge in [0.05, 0.1) is 5.92 Å². The van der Waals surface area contributed by atoms with Crippen LogP contribution in [0.25, 0.3) is 0 Å². The van der Waals surface area contributed by atoms with Gasteiger partial charge in [-0.15, -0.1) is 0 Å². The maximum Gasteiger partial charge on any atom is 0.308 e. The fourth-order valence-electron chi connectivity index (χ4n) is 3.16. The molecule has 0 spiro atoms. The number of hydrogen-bond donors (Lipinski definition) is 2. The summed E-state index contributed by atoms with van der Waals surface area (Å²) in [5, 5.41) is 9.06. The lowest BCUT2D eigenvalue weighted by molar-refractivity contribution is -0.142. The normalized spacial score (nSPS) is 30.7. The molecule has 5 nitrogen and oxygen atoms in total. The summed E-state index contributed by atoms with van der Waals surface area (Å²) in [6.07, 6.45) is 4.37. The smallest absolute Gasteiger partial charge is 0.308 e. The van der Waals surface area contributed by atoms with Gasteiger partial charge in [0.1, 0.15) is 0 Å². The number of carbonyl (C=O) groups is 2. The van der Waals surface area contributed by atoms with Crippen LogP contribution in [0.4, 0.5) is 0 Å². The molecule has 1 aliphatic heterocycles. The highest BCUT2D eigenvalue weighted by molar-refractivity contribution is 5.80. The molecular weight excluding hydrogens is 232 g/mol. The predicted octanol–water partition coefficient (Wildman–Crippen LogP) is 0.827. The van der Waals surface area contributed by atoms with Crippen molar-refractivity contribution in [3.63, 3.8) is 0 Å². The number of carboxylic acids is 1. The minimum atomic E-state index is -0.805. The lowest BCUT2D eigenvalue weighted by Gasteiger charge is -2.26. The van der Waals surface area contributed by atoms with E-state index in [1.165, 1.54) is 0 Å². The third-order valence-electron chi connectivity index (χ3n) is 4.38. The van der Waals surface area contributed by atoms with E-state index in [0.29, 0.717) is 19.5 Å². The van der Waals surface area contributed by atoms with Crippen LogP contribution >= 0.6 is 0 Å². The molecule has 3 N–H and O–H groups in total. The van der Waals surface area contributed by atoms with Crippen LogP contribution in [0, 0.1) is 11.8 Å². The zero-order chi connectivity index (χ0) is 13.3. The van der Waals surface area contributed by atoms with Gasteiger partial charge in [-0.3, -0.25) is 9.59 Å². The second-order valence-corrected chi connectivity index (χ2v) is 5.97. The van der Waals surface area contributed by atoms with Crippen molar-refractivity contribution in [1.82, 2.24) is 4.90 Å². The first-order chi connectivity index (χ1) is 8.41. The van der Waals surface area contributed by atoms with E-state index in [4.69, 9.17) is 10.8 Å². The third kappa shape index (κ3) is 2.66. The van der Waals surface area contributed by atoms with Crippen LogP contribution in [0.2, 0.25) is 0 Å². The topological polar surface area (TPSA) is 83.6 Å². The number of hydrogen-bond acceptors (Lipinski definition) is 3. The van der Waals surface area contributed by atoms with Crippen molar-refractivity contribution in [3.8, 4) is 0 Å². The van der Waals surface area contributed by atoms with Gasteiger partial charge in [-0.05, 0) is 18.8 Å². The Labute approximate surface area is 107 Å². The van der Waals surface area contributed by atoms with Crippen molar-refractivity contribution in [2.45, 2.75) is 44.6 Å². The Morgan fingerprint density at radius 2 is 1.94 bits per heavy atom. The number of carboxylic acid groups (broad SMARTS) is 1. The molecule has 0 aromatic heterocycles. The van der Waals surface area contributed by atoms with Gasteiger partial charge in [0.25, 0.3) is 0 Å². The minimum Gasteiger partial charge on any atom is -0.481 e. The second-order valence-electron chi connectivity index (χ2n) is 5.97. The number of carbonyl (C=O) groups excluding carboxylic acids is 1. The summed E-state index contributed by atoms with van der Waals surface area (Å²) >= 11 is 0. The van der Waals surface area contributed by atoms with Crippen molar-refractivity contribution in [3.05, 3.63) is 0 Å². The standard InChI is InChI=1S/C13H22N2O3/c1-9-7-15(8-10(9)12(17)18)11(16)6-13(14)4-2-3-5-13/h9-10H,2-8,14H2,1H3,(H,17,18)/t9-,10-/m1/s1. The zero-order valence-corrected chi connectivity index (χ0v) is 10.9.